The SMILES string of the molecule is COc1ccc(CCNC(=O)c2ccc(=O)n(-c3ccccc3)n2)cc1OC(F)F. The molecular weight excluding hydrogens is 396 g/mol. The standard InChI is InChI=1S/C21H19F2N3O4/c1-29-17-9-7-14(13-18(17)30-21(22)23)11-12-24-20(28)16-8-10-19(27)26(25-16)15-5-3-2-4-6-15/h2-10,13,21H,11-12H2,1H3,(H,24,28). The van der Waals surface area contributed by atoms with Gasteiger partial charge < -0.3 is 14.8 Å². The number of aromatic nitrogens is 2. The maximum atomic E-state index is 12.5. The van der Waals surface area contributed by atoms with Gasteiger partial charge in [0.05, 0.1) is 12.8 Å². The van der Waals surface area contributed by atoms with E-state index in [9.17, 15) is 18.4 Å². The monoisotopic (exact) mass is 415 g/mol. The van der Waals surface area contributed by atoms with E-state index in [1.807, 2.05) is 6.07 Å². The van der Waals surface area contributed by atoms with Gasteiger partial charge >= 0.3 is 6.61 Å². The van der Waals surface area contributed by atoms with Crippen LogP contribution in [0.2, 0.25) is 0 Å². The van der Waals surface area contributed by atoms with E-state index in [0.29, 0.717) is 17.7 Å². The first-order chi connectivity index (χ1) is 14.5. The number of amides is 1. The highest BCUT2D eigenvalue weighted by Gasteiger charge is 2.13. The van der Waals surface area contributed by atoms with Gasteiger partial charge in [-0.05, 0) is 42.3 Å². The number of nitrogens with one attached hydrogen (secondary N) is 1. The van der Waals surface area contributed by atoms with Crippen molar-refractivity contribution in [2.24, 2.45) is 0 Å². The molecule has 0 spiro atoms. The van der Waals surface area contributed by atoms with Crippen molar-refractivity contribution in [3.8, 4) is 17.2 Å². The molecule has 156 valence electrons. The molecule has 1 heterocycles. The Bertz CT molecular complexity index is 1070. The molecule has 3 rings (SSSR count). The van der Waals surface area contributed by atoms with E-state index in [-0.39, 0.29) is 29.3 Å². The third-order valence-corrected chi connectivity index (χ3v) is 4.18. The summed E-state index contributed by atoms with van der Waals surface area (Å²) in [5, 5.41) is 6.81. The van der Waals surface area contributed by atoms with Crippen molar-refractivity contribution in [1.82, 2.24) is 15.1 Å². The van der Waals surface area contributed by atoms with Gasteiger partial charge in [0, 0.05) is 12.6 Å². The molecule has 1 aromatic heterocycles. The van der Waals surface area contributed by atoms with Crippen LogP contribution in [0, 0.1) is 0 Å². The minimum Gasteiger partial charge on any atom is -0.493 e. The predicted octanol–water partition coefficient (Wildman–Crippen LogP) is 2.82. The van der Waals surface area contributed by atoms with Gasteiger partial charge in [0.25, 0.3) is 11.5 Å². The Morgan fingerprint density at radius 2 is 1.87 bits per heavy atom. The summed E-state index contributed by atoms with van der Waals surface area (Å²) in [7, 11) is 1.36. The fraction of sp³-hybridized carbons (Fsp3) is 0.190. The van der Waals surface area contributed by atoms with Crippen LogP contribution >= 0.6 is 0 Å². The van der Waals surface area contributed by atoms with Gasteiger partial charge in [0.2, 0.25) is 0 Å². The van der Waals surface area contributed by atoms with Crippen LogP contribution in [0.3, 0.4) is 0 Å². The summed E-state index contributed by atoms with van der Waals surface area (Å²) < 4.78 is 35.7. The quantitative estimate of drug-likeness (QED) is 0.612. The summed E-state index contributed by atoms with van der Waals surface area (Å²) in [4.78, 5) is 24.5. The molecule has 30 heavy (non-hydrogen) atoms. The number of nitrogens with zero attached hydrogens (tertiary/aromatic N) is 2. The highest BCUT2D eigenvalue weighted by molar-refractivity contribution is 5.92. The van der Waals surface area contributed by atoms with Gasteiger partial charge in [-0.3, -0.25) is 9.59 Å². The Morgan fingerprint density at radius 3 is 2.57 bits per heavy atom. The van der Waals surface area contributed by atoms with Crippen LogP contribution in [0.4, 0.5) is 8.78 Å². The summed E-state index contributed by atoms with van der Waals surface area (Å²) >= 11 is 0. The van der Waals surface area contributed by atoms with Gasteiger partial charge in [0.15, 0.2) is 11.5 Å². The number of halogens is 2. The largest absolute Gasteiger partial charge is 0.493 e. The normalized spacial score (nSPS) is 10.7. The Kier molecular flexibility index (Phi) is 6.74. The first-order valence-electron chi connectivity index (χ1n) is 9.03. The number of hydrogen-bond donors (Lipinski definition) is 1. The van der Waals surface area contributed by atoms with Gasteiger partial charge in [-0.15, -0.1) is 0 Å². The van der Waals surface area contributed by atoms with Crippen LogP contribution in [-0.4, -0.2) is 36.0 Å². The molecule has 1 amide bonds. The number of hydrogen-bond acceptors (Lipinski definition) is 5. The van der Waals surface area contributed by atoms with Crippen molar-refractivity contribution in [1.29, 1.82) is 0 Å². The smallest absolute Gasteiger partial charge is 0.387 e. The second kappa shape index (κ2) is 9.64. The molecule has 9 heteroatoms. The number of rotatable bonds is 8. The predicted molar refractivity (Wildman–Crippen MR) is 105 cm³/mol. The van der Waals surface area contributed by atoms with Gasteiger partial charge in [0.1, 0.15) is 5.69 Å². The fourth-order valence-corrected chi connectivity index (χ4v) is 2.76. The molecule has 0 aliphatic carbocycles. The number of carbonyl (C=O) groups excluding carboxylic acids is 1. The van der Waals surface area contributed by atoms with E-state index < -0.39 is 12.5 Å². The van der Waals surface area contributed by atoms with Crippen molar-refractivity contribution in [3.05, 3.63) is 82.3 Å². The van der Waals surface area contributed by atoms with Crippen LogP contribution in [-0.2, 0) is 6.42 Å². The van der Waals surface area contributed by atoms with Crippen LogP contribution in [0.25, 0.3) is 5.69 Å². The third-order valence-electron chi connectivity index (χ3n) is 4.18. The maximum Gasteiger partial charge on any atom is 0.387 e. The number of methoxy groups -OCH3 is 1. The number of benzene rings is 2. The van der Waals surface area contributed by atoms with Crippen LogP contribution in [0.1, 0.15) is 16.1 Å². The summed E-state index contributed by atoms with van der Waals surface area (Å²) in [6, 6.07) is 16.0. The lowest BCUT2D eigenvalue weighted by molar-refractivity contribution is -0.0512. The molecule has 1 N–H and O–H groups in total. The second-order valence-electron chi connectivity index (χ2n) is 6.17. The number of ether oxygens (including phenoxy) is 2. The topological polar surface area (TPSA) is 82.5 Å². The average molecular weight is 415 g/mol. The lowest BCUT2D eigenvalue weighted by atomic mass is 10.1. The molecule has 0 saturated heterocycles. The summed E-state index contributed by atoms with van der Waals surface area (Å²) in [6.07, 6.45) is 0.369. The zero-order chi connectivity index (χ0) is 21.5. The van der Waals surface area contributed by atoms with Crippen molar-refractivity contribution >= 4 is 5.91 Å². The molecular formula is C21H19F2N3O4. The van der Waals surface area contributed by atoms with E-state index in [1.54, 1.807) is 30.3 Å². The Labute approximate surface area is 170 Å². The van der Waals surface area contributed by atoms with Crippen LogP contribution in [0.5, 0.6) is 11.5 Å². The van der Waals surface area contributed by atoms with Crippen molar-refractivity contribution in [3.63, 3.8) is 0 Å². The second-order valence-corrected chi connectivity index (χ2v) is 6.17. The summed E-state index contributed by atoms with van der Waals surface area (Å²) in [6.45, 7) is -2.74. The molecule has 0 aliphatic heterocycles. The van der Waals surface area contributed by atoms with Gasteiger partial charge in [-0.25, -0.2) is 0 Å². The Hall–Kier alpha value is -3.75. The average Bonchev–Trinajstić information content (AvgIpc) is 2.74. The first kappa shape index (κ1) is 21.0. The fourth-order valence-electron chi connectivity index (χ4n) is 2.76. The molecule has 0 unspecified atom stereocenters. The molecule has 0 aliphatic rings. The zero-order valence-corrected chi connectivity index (χ0v) is 16.0. The van der Waals surface area contributed by atoms with Crippen molar-refractivity contribution in [2.75, 3.05) is 13.7 Å². The number of carbonyl (C=O) groups is 1. The molecule has 2 aromatic carbocycles. The maximum absolute atomic E-state index is 12.5. The Morgan fingerprint density at radius 1 is 1.10 bits per heavy atom. The van der Waals surface area contributed by atoms with Crippen molar-refractivity contribution in [2.45, 2.75) is 13.0 Å². The third kappa shape index (κ3) is 5.19. The highest BCUT2D eigenvalue weighted by Crippen LogP contribution is 2.29. The van der Waals surface area contributed by atoms with Gasteiger partial charge in [-0.2, -0.15) is 18.6 Å². The molecule has 3 aromatic rings. The summed E-state index contributed by atoms with van der Waals surface area (Å²) in [5.41, 5.74) is 0.938. The van der Waals surface area contributed by atoms with E-state index >= 15 is 0 Å². The van der Waals surface area contributed by atoms with E-state index in [4.69, 9.17) is 4.74 Å². The highest BCUT2D eigenvalue weighted by atomic mass is 19.3. The van der Waals surface area contributed by atoms with Crippen LogP contribution < -0.4 is 20.3 Å². The van der Waals surface area contributed by atoms with Crippen molar-refractivity contribution < 1.29 is 23.0 Å². The number of alkyl halides is 2. The number of para-hydroxylation sites is 1. The van der Waals surface area contributed by atoms with E-state index in [1.165, 1.54) is 31.4 Å². The zero-order valence-electron chi connectivity index (χ0n) is 16.0. The minimum atomic E-state index is -2.97. The summed E-state index contributed by atoms with van der Waals surface area (Å²) in [5.74, 6) is -0.347. The molecule has 0 radical (unpaired) electrons. The lowest BCUT2D eigenvalue weighted by Crippen LogP contribution is -2.30. The first-order valence-corrected chi connectivity index (χ1v) is 9.03. The van der Waals surface area contributed by atoms with Crippen LogP contribution in [0.15, 0.2) is 65.5 Å². The van der Waals surface area contributed by atoms with E-state index in [0.717, 1.165) is 4.68 Å². The lowest BCUT2D eigenvalue weighted by Gasteiger charge is -2.12. The molecule has 0 fully saturated rings. The molecule has 0 bridgehead atoms. The minimum absolute atomic E-state index is 0.0760. The molecule has 0 atom stereocenters. The molecule has 0 saturated carbocycles. The Balaban J connectivity index is 1.66. The molecule has 7 nitrogen and oxygen atoms in total. The van der Waals surface area contributed by atoms with E-state index in [2.05, 4.69) is 15.2 Å². The van der Waals surface area contributed by atoms with Gasteiger partial charge in [-0.1, -0.05) is 24.3 Å².